The van der Waals surface area contributed by atoms with Gasteiger partial charge in [-0.1, -0.05) is 6.08 Å². The summed E-state index contributed by atoms with van der Waals surface area (Å²) in [6.45, 7) is 6.88. The van der Waals surface area contributed by atoms with E-state index >= 15 is 0 Å². The quantitative estimate of drug-likeness (QED) is 0.659. The lowest BCUT2D eigenvalue weighted by Gasteiger charge is -2.33. The summed E-state index contributed by atoms with van der Waals surface area (Å²) in [6, 6.07) is 1.07. The number of nitrogens with zero attached hydrogens (tertiary/aromatic N) is 1. The van der Waals surface area contributed by atoms with Gasteiger partial charge in [0.15, 0.2) is 11.6 Å². The van der Waals surface area contributed by atoms with E-state index in [1.54, 1.807) is 6.08 Å². The average molecular weight is 333 g/mol. The van der Waals surface area contributed by atoms with Crippen LogP contribution in [0.3, 0.4) is 0 Å². The van der Waals surface area contributed by atoms with Gasteiger partial charge in [-0.2, -0.15) is 4.39 Å². The maximum absolute atomic E-state index is 13.6. The predicted molar refractivity (Wildman–Crippen MR) is 73.1 cm³/mol. The lowest BCUT2D eigenvalue weighted by molar-refractivity contribution is 0.199. The van der Waals surface area contributed by atoms with E-state index in [4.69, 9.17) is 0 Å². The normalized spacial score (nSPS) is 18.3. The average Bonchev–Trinajstić information content (AvgIpc) is 2.44. The Kier molecular flexibility index (Phi) is 4.54. The molecule has 19 heavy (non-hydrogen) atoms. The third kappa shape index (κ3) is 2.80. The smallest absolute Gasteiger partial charge is 0.201 e. The van der Waals surface area contributed by atoms with Gasteiger partial charge in [0.25, 0.3) is 0 Å². The summed E-state index contributed by atoms with van der Waals surface area (Å²) in [5.41, 5.74) is 0.322. The van der Waals surface area contributed by atoms with Crippen LogP contribution in [0.15, 0.2) is 23.2 Å². The van der Waals surface area contributed by atoms with Crippen molar-refractivity contribution in [2.45, 2.75) is 6.04 Å². The molecule has 1 saturated heterocycles. The summed E-state index contributed by atoms with van der Waals surface area (Å²) in [5.74, 6) is -2.96. The van der Waals surface area contributed by atoms with Gasteiger partial charge in [0.05, 0.1) is 10.5 Å². The fourth-order valence-corrected chi connectivity index (χ4v) is 2.68. The molecule has 0 spiro atoms. The van der Waals surface area contributed by atoms with E-state index in [0.29, 0.717) is 5.56 Å². The Morgan fingerprint density at radius 2 is 2.00 bits per heavy atom. The van der Waals surface area contributed by atoms with Crippen molar-refractivity contribution in [3.63, 3.8) is 0 Å². The highest BCUT2D eigenvalue weighted by Gasteiger charge is 2.26. The molecular formula is C13H15BrF2N2O. The van der Waals surface area contributed by atoms with Crippen molar-refractivity contribution in [1.82, 2.24) is 10.2 Å². The van der Waals surface area contributed by atoms with E-state index in [2.05, 4.69) is 32.7 Å². The lowest BCUT2D eigenvalue weighted by Crippen LogP contribution is -2.44. The molecule has 1 fully saturated rings. The van der Waals surface area contributed by atoms with Crippen LogP contribution in [0.2, 0.25) is 0 Å². The third-order valence-corrected chi connectivity index (χ3v) is 3.83. The summed E-state index contributed by atoms with van der Waals surface area (Å²) in [5, 5.41) is 13.0. The van der Waals surface area contributed by atoms with Crippen LogP contribution in [0.25, 0.3) is 0 Å². The lowest BCUT2D eigenvalue weighted by atomic mass is 10.0. The number of halogens is 3. The standard InChI is InChI=1S/C13H15BrF2N2O/c1-2-10(18-5-3-17-4-6-18)8-7-9(14)11(15)12(16)13(8)19/h2,7,10,17,19H,1,3-6H2/t10-/m0/s1. The van der Waals surface area contributed by atoms with Crippen LogP contribution in [0.1, 0.15) is 11.6 Å². The number of phenolic OH excluding ortho intramolecular Hbond substituents is 1. The van der Waals surface area contributed by atoms with Crippen molar-refractivity contribution in [3.8, 4) is 5.75 Å². The maximum atomic E-state index is 13.6. The van der Waals surface area contributed by atoms with Crippen LogP contribution in [-0.2, 0) is 0 Å². The molecule has 0 aliphatic carbocycles. The van der Waals surface area contributed by atoms with E-state index in [1.807, 2.05) is 0 Å². The Hall–Kier alpha value is -0.980. The van der Waals surface area contributed by atoms with Crippen LogP contribution in [-0.4, -0.2) is 36.2 Å². The fourth-order valence-electron chi connectivity index (χ4n) is 2.26. The number of hydrogen-bond acceptors (Lipinski definition) is 3. The minimum atomic E-state index is -1.23. The first kappa shape index (κ1) is 14.4. The fraction of sp³-hybridized carbons (Fsp3) is 0.385. The van der Waals surface area contributed by atoms with Gasteiger partial charge in [0, 0.05) is 31.7 Å². The van der Waals surface area contributed by atoms with Gasteiger partial charge in [0.2, 0.25) is 5.82 Å². The van der Waals surface area contributed by atoms with E-state index in [9.17, 15) is 13.9 Å². The molecule has 1 aliphatic heterocycles. The Labute approximate surface area is 119 Å². The van der Waals surface area contributed by atoms with Crippen molar-refractivity contribution in [3.05, 3.63) is 40.4 Å². The van der Waals surface area contributed by atoms with Crippen LogP contribution in [0, 0.1) is 11.6 Å². The van der Waals surface area contributed by atoms with Gasteiger partial charge in [-0.3, -0.25) is 4.90 Å². The zero-order chi connectivity index (χ0) is 14.0. The van der Waals surface area contributed by atoms with Gasteiger partial charge in [-0.05, 0) is 22.0 Å². The second-order valence-corrected chi connectivity index (χ2v) is 5.25. The first-order valence-electron chi connectivity index (χ1n) is 6.00. The number of aromatic hydroxyl groups is 1. The number of piperazine rings is 1. The minimum Gasteiger partial charge on any atom is -0.505 e. The van der Waals surface area contributed by atoms with Gasteiger partial charge < -0.3 is 10.4 Å². The molecule has 0 saturated carbocycles. The Morgan fingerprint density at radius 3 is 2.58 bits per heavy atom. The zero-order valence-corrected chi connectivity index (χ0v) is 11.9. The van der Waals surface area contributed by atoms with Crippen LogP contribution in [0.4, 0.5) is 8.78 Å². The molecule has 1 aromatic rings. The van der Waals surface area contributed by atoms with Crippen molar-refractivity contribution in [2.24, 2.45) is 0 Å². The molecule has 1 aromatic carbocycles. The molecule has 6 heteroatoms. The molecule has 2 rings (SSSR count). The van der Waals surface area contributed by atoms with Crippen LogP contribution in [0.5, 0.6) is 5.75 Å². The second-order valence-electron chi connectivity index (χ2n) is 4.39. The number of hydrogen-bond donors (Lipinski definition) is 2. The number of rotatable bonds is 3. The number of nitrogens with one attached hydrogen (secondary N) is 1. The molecule has 0 aromatic heterocycles. The molecule has 1 atom stereocenters. The van der Waals surface area contributed by atoms with E-state index < -0.39 is 17.4 Å². The molecule has 0 amide bonds. The van der Waals surface area contributed by atoms with E-state index in [1.165, 1.54) is 6.07 Å². The molecular weight excluding hydrogens is 318 g/mol. The van der Waals surface area contributed by atoms with E-state index in [-0.39, 0.29) is 10.5 Å². The molecule has 0 radical (unpaired) electrons. The van der Waals surface area contributed by atoms with Gasteiger partial charge in [0.1, 0.15) is 0 Å². The predicted octanol–water partition coefficient (Wildman–Crippen LogP) is 2.57. The topological polar surface area (TPSA) is 35.5 Å². The number of phenols is 1. The molecule has 0 unspecified atom stereocenters. The molecule has 1 aliphatic rings. The van der Waals surface area contributed by atoms with E-state index in [0.717, 1.165) is 26.2 Å². The molecule has 1 heterocycles. The first-order chi connectivity index (χ1) is 9.06. The molecule has 2 N–H and O–H groups in total. The van der Waals surface area contributed by atoms with Crippen molar-refractivity contribution >= 4 is 15.9 Å². The zero-order valence-electron chi connectivity index (χ0n) is 10.3. The van der Waals surface area contributed by atoms with Gasteiger partial charge in [-0.15, -0.1) is 6.58 Å². The second kappa shape index (κ2) is 5.98. The van der Waals surface area contributed by atoms with Crippen molar-refractivity contribution in [1.29, 1.82) is 0 Å². The summed E-state index contributed by atoms with van der Waals surface area (Å²) in [6.07, 6.45) is 1.63. The molecule has 104 valence electrons. The Bertz CT molecular complexity index is 490. The van der Waals surface area contributed by atoms with Gasteiger partial charge >= 0.3 is 0 Å². The van der Waals surface area contributed by atoms with Crippen molar-refractivity contribution < 1.29 is 13.9 Å². The minimum absolute atomic E-state index is 0.000200. The highest BCUT2D eigenvalue weighted by atomic mass is 79.9. The highest BCUT2D eigenvalue weighted by molar-refractivity contribution is 9.10. The van der Waals surface area contributed by atoms with Gasteiger partial charge in [-0.25, -0.2) is 4.39 Å². The summed E-state index contributed by atoms with van der Waals surface area (Å²) < 4.78 is 26.9. The summed E-state index contributed by atoms with van der Waals surface area (Å²) in [4.78, 5) is 2.06. The third-order valence-electron chi connectivity index (χ3n) is 3.25. The monoisotopic (exact) mass is 332 g/mol. The summed E-state index contributed by atoms with van der Waals surface area (Å²) >= 11 is 2.96. The summed E-state index contributed by atoms with van der Waals surface area (Å²) in [7, 11) is 0. The van der Waals surface area contributed by atoms with Crippen LogP contribution >= 0.6 is 15.9 Å². The Morgan fingerprint density at radius 1 is 1.37 bits per heavy atom. The van der Waals surface area contributed by atoms with Crippen molar-refractivity contribution in [2.75, 3.05) is 26.2 Å². The molecule has 3 nitrogen and oxygen atoms in total. The molecule has 0 bridgehead atoms. The number of benzene rings is 1. The maximum Gasteiger partial charge on any atom is 0.201 e. The first-order valence-corrected chi connectivity index (χ1v) is 6.79. The SMILES string of the molecule is C=C[C@@H](c1cc(Br)c(F)c(F)c1O)N1CCNCC1. The highest BCUT2D eigenvalue weighted by Crippen LogP contribution is 2.36. The van der Waals surface area contributed by atoms with Crippen LogP contribution < -0.4 is 5.32 Å². The Balaban J connectivity index is 2.40. The largest absolute Gasteiger partial charge is 0.505 e.